The van der Waals surface area contributed by atoms with Gasteiger partial charge in [0.05, 0.1) is 18.5 Å². The SMILES string of the molecule is CN1CCO[C@H](CNCCS(C)(=O)=O)C1. The first-order chi connectivity index (χ1) is 6.97. The van der Waals surface area contributed by atoms with Crippen LogP contribution in [0.25, 0.3) is 0 Å². The lowest BCUT2D eigenvalue weighted by Gasteiger charge is -2.30. The summed E-state index contributed by atoms with van der Waals surface area (Å²) in [5, 5.41) is 3.10. The van der Waals surface area contributed by atoms with E-state index in [4.69, 9.17) is 4.74 Å². The van der Waals surface area contributed by atoms with Crippen LogP contribution in [0.15, 0.2) is 0 Å². The second-order valence-electron chi connectivity index (χ2n) is 4.09. The van der Waals surface area contributed by atoms with Gasteiger partial charge in [0.1, 0.15) is 9.84 Å². The highest BCUT2D eigenvalue weighted by atomic mass is 32.2. The van der Waals surface area contributed by atoms with E-state index >= 15 is 0 Å². The summed E-state index contributed by atoms with van der Waals surface area (Å²) in [5.74, 6) is 0.190. The van der Waals surface area contributed by atoms with Crippen molar-refractivity contribution in [3.05, 3.63) is 0 Å². The van der Waals surface area contributed by atoms with Gasteiger partial charge in [0.15, 0.2) is 0 Å². The number of morpholine rings is 1. The summed E-state index contributed by atoms with van der Waals surface area (Å²) in [6.07, 6.45) is 1.43. The van der Waals surface area contributed by atoms with Crippen molar-refractivity contribution in [3.63, 3.8) is 0 Å². The molecule has 1 aliphatic heterocycles. The van der Waals surface area contributed by atoms with E-state index in [9.17, 15) is 8.42 Å². The van der Waals surface area contributed by atoms with Gasteiger partial charge in [-0.15, -0.1) is 0 Å². The van der Waals surface area contributed by atoms with Crippen molar-refractivity contribution in [2.75, 3.05) is 51.8 Å². The van der Waals surface area contributed by atoms with Crippen LogP contribution in [0.5, 0.6) is 0 Å². The van der Waals surface area contributed by atoms with E-state index in [-0.39, 0.29) is 11.9 Å². The van der Waals surface area contributed by atoms with Crippen LogP contribution in [0.4, 0.5) is 0 Å². The van der Waals surface area contributed by atoms with Crippen LogP contribution in [-0.4, -0.2) is 71.3 Å². The van der Waals surface area contributed by atoms with Crippen molar-refractivity contribution in [1.82, 2.24) is 10.2 Å². The zero-order valence-electron chi connectivity index (χ0n) is 9.40. The molecule has 5 nitrogen and oxygen atoms in total. The average Bonchev–Trinajstić information content (AvgIpc) is 2.11. The van der Waals surface area contributed by atoms with E-state index in [1.807, 2.05) is 0 Å². The van der Waals surface area contributed by atoms with Gasteiger partial charge in [-0.3, -0.25) is 0 Å². The van der Waals surface area contributed by atoms with Crippen molar-refractivity contribution in [2.45, 2.75) is 6.10 Å². The predicted molar refractivity (Wildman–Crippen MR) is 59.8 cm³/mol. The Morgan fingerprint density at radius 2 is 2.27 bits per heavy atom. The molecule has 0 aliphatic carbocycles. The Hall–Kier alpha value is -0.170. The summed E-state index contributed by atoms with van der Waals surface area (Å²) in [6.45, 7) is 3.86. The molecule has 0 spiro atoms. The molecule has 0 radical (unpaired) electrons. The number of nitrogens with zero attached hydrogens (tertiary/aromatic N) is 1. The van der Waals surface area contributed by atoms with Gasteiger partial charge in [0.2, 0.25) is 0 Å². The lowest BCUT2D eigenvalue weighted by atomic mass is 10.3. The molecule has 1 fully saturated rings. The Labute approximate surface area is 91.7 Å². The molecule has 0 aromatic rings. The molecule has 1 N–H and O–H groups in total. The summed E-state index contributed by atoms with van der Waals surface area (Å²) in [4.78, 5) is 2.21. The maximum atomic E-state index is 10.9. The second-order valence-corrected chi connectivity index (χ2v) is 6.35. The van der Waals surface area contributed by atoms with Crippen molar-refractivity contribution in [3.8, 4) is 0 Å². The van der Waals surface area contributed by atoms with Crippen LogP contribution in [0, 0.1) is 0 Å². The van der Waals surface area contributed by atoms with Gasteiger partial charge in [0.25, 0.3) is 0 Å². The van der Waals surface area contributed by atoms with Crippen molar-refractivity contribution < 1.29 is 13.2 Å². The van der Waals surface area contributed by atoms with Gasteiger partial charge in [-0.1, -0.05) is 0 Å². The molecule has 1 saturated heterocycles. The first-order valence-corrected chi connectivity index (χ1v) is 7.22. The molecular formula is C9H20N2O3S. The fourth-order valence-corrected chi connectivity index (χ4v) is 2.03. The smallest absolute Gasteiger partial charge is 0.148 e. The Morgan fingerprint density at radius 1 is 1.53 bits per heavy atom. The van der Waals surface area contributed by atoms with Gasteiger partial charge < -0.3 is 15.0 Å². The van der Waals surface area contributed by atoms with Crippen LogP contribution in [0.2, 0.25) is 0 Å². The summed E-state index contributed by atoms with van der Waals surface area (Å²) >= 11 is 0. The molecule has 0 amide bonds. The van der Waals surface area contributed by atoms with E-state index in [2.05, 4.69) is 17.3 Å². The van der Waals surface area contributed by atoms with E-state index in [1.165, 1.54) is 6.26 Å². The molecule has 1 rings (SSSR count). The number of nitrogens with one attached hydrogen (secondary N) is 1. The van der Waals surface area contributed by atoms with Crippen LogP contribution in [-0.2, 0) is 14.6 Å². The number of ether oxygens (including phenoxy) is 1. The third-order valence-corrected chi connectivity index (χ3v) is 3.31. The minimum absolute atomic E-state index is 0.184. The minimum atomic E-state index is -2.85. The lowest BCUT2D eigenvalue weighted by Crippen LogP contribution is -2.45. The summed E-state index contributed by atoms with van der Waals surface area (Å²) in [7, 11) is -0.790. The monoisotopic (exact) mass is 236 g/mol. The summed E-state index contributed by atoms with van der Waals surface area (Å²) in [6, 6.07) is 0. The largest absolute Gasteiger partial charge is 0.374 e. The molecule has 0 saturated carbocycles. The Morgan fingerprint density at radius 3 is 2.87 bits per heavy atom. The van der Waals surface area contributed by atoms with Crippen molar-refractivity contribution in [2.24, 2.45) is 0 Å². The van der Waals surface area contributed by atoms with Gasteiger partial charge >= 0.3 is 0 Å². The third kappa shape index (κ3) is 6.09. The van der Waals surface area contributed by atoms with Crippen molar-refractivity contribution >= 4 is 9.84 Å². The van der Waals surface area contributed by atoms with E-state index in [0.717, 1.165) is 26.2 Å². The highest BCUT2D eigenvalue weighted by Gasteiger charge is 2.16. The van der Waals surface area contributed by atoms with Crippen molar-refractivity contribution in [1.29, 1.82) is 0 Å². The highest BCUT2D eigenvalue weighted by molar-refractivity contribution is 7.90. The number of likely N-dealkylation sites (N-methyl/N-ethyl adjacent to an activating group) is 1. The molecule has 6 heteroatoms. The predicted octanol–water partition coefficient (Wildman–Crippen LogP) is -1.05. The fourth-order valence-electron chi connectivity index (χ4n) is 1.51. The number of rotatable bonds is 5. The maximum Gasteiger partial charge on any atom is 0.148 e. The molecule has 1 aliphatic rings. The highest BCUT2D eigenvalue weighted by Crippen LogP contribution is 2.01. The van der Waals surface area contributed by atoms with E-state index < -0.39 is 9.84 Å². The molecule has 15 heavy (non-hydrogen) atoms. The van der Waals surface area contributed by atoms with E-state index in [1.54, 1.807) is 0 Å². The van der Waals surface area contributed by atoms with Gasteiger partial charge in [-0.25, -0.2) is 8.42 Å². The maximum absolute atomic E-state index is 10.9. The number of hydrogen-bond donors (Lipinski definition) is 1. The molecule has 90 valence electrons. The quantitative estimate of drug-likeness (QED) is 0.617. The Balaban J connectivity index is 2.09. The number of hydrogen-bond acceptors (Lipinski definition) is 5. The Kier molecular flexibility index (Phi) is 4.98. The van der Waals surface area contributed by atoms with Crippen LogP contribution >= 0.6 is 0 Å². The van der Waals surface area contributed by atoms with Crippen LogP contribution in [0.3, 0.4) is 0 Å². The van der Waals surface area contributed by atoms with Crippen LogP contribution < -0.4 is 5.32 Å². The van der Waals surface area contributed by atoms with Crippen LogP contribution in [0.1, 0.15) is 0 Å². The zero-order chi connectivity index (χ0) is 11.3. The molecule has 0 unspecified atom stereocenters. The summed E-state index contributed by atoms with van der Waals surface area (Å²) < 4.78 is 27.2. The van der Waals surface area contributed by atoms with E-state index in [0.29, 0.717) is 6.54 Å². The van der Waals surface area contributed by atoms with Gasteiger partial charge in [0, 0.05) is 32.4 Å². The minimum Gasteiger partial charge on any atom is -0.374 e. The topological polar surface area (TPSA) is 58.6 Å². The number of sulfone groups is 1. The molecule has 1 heterocycles. The average molecular weight is 236 g/mol. The van der Waals surface area contributed by atoms with Gasteiger partial charge in [-0.05, 0) is 7.05 Å². The molecule has 1 atom stereocenters. The summed E-state index contributed by atoms with van der Waals surface area (Å²) in [5.41, 5.74) is 0. The van der Waals surface area contributed by atoms with Gasteiger partial charge in [-0.2, -0.15) is 0 Å². The second kappa shape index (κ2) is 5.79. The zero-order valence-corrected chi connectivity index (χ0v) is 10.2. The third-order valence-electron chi connectivity index (χ3n) is 2.36. The molecular weight excluding hydrogens is 216 g/mol. The molecule has 0 aromatic carbocycles. The lowest BCUT2D eigenvalue weighted by molar-refractivity contribution is -0.0178. The Bertz CT molecular complexity index is 279. The first kappa shape index (κ1) is 12.9. The molecule has 0 aromatic heterocycles. The first-order valence-electron chi connectivity index (χ1n) is 5.16. The molecule has 0 bridgehead atoms. The normalized spacial score (nSPS) is 24.3. The fraction of sp³-hybridized carbons (Fsp3) is 1.00. The standard InChI is InChI=1S/C9H20N2O3S/c1-11-4-5-14-9(8-11)7-10-3-6-15(2,12)13/h9-10H,3-8H2,1-2H3/t9-/m1/s1.